The summed E-state index contributed by atoms with van der Waals surface area (Å²) in [6.07, 6.45) is 1.44. The molecule has 2 aromatic carbocycles. The van der Waals surface area contributed by atoms with E-state index in [2.05, 4.69) is 20.3 Å². The van der Waals surface area contributed by atoms with Crippen LogP contribution in [0.1, 0.15) is 19.8 Å². The number of carbonyl (C=O) groups is 1. The second kappa shape index (κ2) is 8.50. The second-order valence-corrected chi connectivity index (χ2v) is 8.21. The van der Waals surface area contributed by atoms with Gasteiger partial charge in [-0.3, -0.25) is 4.79 Å². The first-order valence-corrected chi connectivity index (χ1v) is 11.1. The number of aromatic amines is 2. The van der Waals surface area contributed by atoms with Crippen LogP contribution in [0.2, 0.25) is 0 Å². The summed E-state index contributed by atoms with van der Waals surface area (Å²) in [5.41, 5.74) is 10.0. The molecule has 0 radical (unpaired) electrons. The van der Waals surface area contributed by atoms with E-state index < -0.39 is 0 Å². The molecular formula is C24H26N6O3. The van der Waals surface area contributed by atoms with Crippen LogP contribution in [0.3, 0.4) is 0 Å². The number of likely N-dealkylation sites (tertiary alicyclic amines) is 1. The van der Waals surface area contributed by atoms with Crippen molar-refractivity contribution in [3.63, 3.8) is 0 Å². The lowest BCUT2D eigenvalue weighted by atomic mass is 10.0. The van der Waals surface area contributed by atoms with Gasteiger partial charge in [0.1, 0.15) is 11.4 Å². The van der Waals surface area contributed by atoms with Crippen molar-refractivity contribution in [2.75, 3.05) is 30.7 Å². The smallest absolute Gasteiger partial charge is 0.409 e. The van der Waals surface area contributed by atoms with Gasteiger partial charge in [-0.2, -0.15) is 0 Å². The van der Waals surface area contributed by atoms with Gasteiger partial charge in [0.2, 0.25) is 0 Å². The van der Waals surface area contributed by atoms with Gasteiger partial charge in [0.05, 0.1) is 28.8 Å². The highest BCUT2D eigenvalue weighted by Crippen LogP contribution is 2.29. The first kappa shape index (κ1) is 20.9. The van der Waals surface area contributed by atoms with E-state index in [1.807, 2.05) is 49.4 Å². The fourth-order valence-corrected chi connectivity index (χ4v) is 4.38. The van der Waals surface area contributed by atoms with Crippen LogP contribution < -0.4 is 16.6 Å². The quantitative estimate of drug-likeness (QED) is 0.378. The number of amides is 1. The molecule has 3 heterocycles. The first-order valence-electron chi connectivity index (χ1n) is 11.1. The molecule has 0 atom stereocenters. The number of anilines is 2. The van der Waals surface area contributed by atoms with Crippen LogP contribution >= 0.6 is 0 Å². The van der Waals surface area contributed by atoms with E-state index in [0.717, 1.165) is 34.9 Å². The highest BCUT2D eigenvalue weighted by Gasteiger charge is 2.23. The third-order valence-electron chi connectivity index (χ3n) is 6.07. The Morgan fingerprint density at radius 3 is 2.76 bits per heavy atom. The summed E-state index contributed by atoms with van der Waals surface area (Å²) < 4.78 is 5.08. The van der Waals surface area contributed by atoms with Gasteiger partial charge >= 0.3 is 6.09 Å². The van der Waals surface area contributed by atoms with Crippen LogP contribution in [0.25, 0.3) is 33.3 Å². The van der Waals surface area contributed by atoms with Crippen molar-refractivity contribution in [1.29, 1.82) is 0 Å². The SMILES string of the molecule is CCOC(=O)N1CCC(Nc2ccc3nc(-c4c(N)c5ccccc5[nH]c4=O)[nH]c3c2)CC1. The average Bonchev–Trinajstić information content (AvgIpc) is 3.22. The number of H-pyrrole nitrogens is 2. The number of nitrogens with one attached hydrogen (secondary N) is 3. The monoisotopic (exact) mass is 446 g/mol. The van der Waals surface area contributed by atoms with Crippen LogP contribution in [0.4, 0.5) is 16.2 Å². The molecule has 0 saturated carbocycles. The number of nitrogen functional groups attached to an aromatic ring is 1. The van der Waals surface area contributed by atoms with Gasteiger partial charge in [-0.25, -0.2) is 9.78 Å². The summed E-state index contributed by atoms with van der Waals surface area (Å²) >= 11 is 0. The van der Waals surface area contributed by atoms with Crippen LogP contribution in [-0.2, 0) is 4.74 Å². The highest BCUT2D eigenvalue weighted by molar-refractivity contribution is 5.97. The maximum atomic E-state index is 12.7. The van der Waals surface area contributed by atoms with Crippen LogP contribution in [-0.4, -0.2) is 51.7 Å². The zero-order valence-electron chi connectivity index (χ0n) is 18.4. The third-order valence-corrected chi connectivity index (χ3v) is 6.07. The molecule has 0 spiro atoms. The lowest BCUT2D eigenvalue weighted by molar-refractivity contribution is 0.0983. The van der Waals surface area contributed by atoms with Crippen molar-refractivity contribution < 1.29 is 9.53 Å². The molecule has 33 heavy (non-hydrogen) atoms. The first-order chi connectivity index (χ1) is 16.0. The standard InChI is InChI=1S/C24H26N6O3/c1-2-33-24(32)30-11-9-14(10-12-30)26-15-7-8-18-19(13-15)28-22(27-18)20-21(25)16-5-3-4-6-17(16)29-23(20)31/h3-8,13-14,26H,2,9-12H2,1H3,(H,27,28)(H3,25,29,31). The predicted octanol–water partition coefficient (Wildman–Crippen LogP) is 3.69. The zero-order chi connectivity index (χ0) is 22.9. The normalized spacial score (nSPS) is 14.6. The minimum atomic E-state index is -0.281. The zero-order valence-corrected chi connectivity index (χ0v) is 18.4. The number of rotatable bonds is 4. The molecule has 1 amide bonds. The Labute approximate surface area is 190 Å². The van der Waals surface area contributed by atoms with Gasteiger partial charge in [0.25, 0.3) is 5.56 Å². The van der Waals surface area contributed by atoms with Crippen molar-refractivity contribution in [2.45, 2.75) is 25.8 Å². The second-order valence-electron chi connectivity index (χ2n) is 8.21. The van der Waals surface area contributed by atoms with E-state index in [9.17, 15) is 9.59 Å². The molecule has 9 nitrogen and oxygen atoms in total. The largest absolute Gasteiger partial charge is 0.450 e. The molecule has 1 fully saturated rings. The van der Waals surface area contributed by atoms with Crippen molar-refractivity contribution in [2.24, 2.45) is 0 Å². The molecule has 5 rings (SSSR count). The number of hydrogen-bond acceptors (Lipinski definition) is 6. The minimum absolute atomic E-state index is 0.245. The van der Waals surface area contributed by atoms with Crippen molar-refractivity contribution in [3.05, 3.63) is 52.8 Å². The Hall–Kier alpha value is -4.01. The third kappa shape index (κ3) is 3.97. The fraction of sp³-hybridized carbons (Fsp3) is 0.292. The van der Waals surface area contributed by atoms with Crippen LogP contribution in [0.15, 0.2) is 47.3 Å². The molecular weight excluding hydrogens is 420 g/mol. The Morgan fingerprint density at radius 2 is 1.97 bits per heavy atom. The summed E-state index contributed by atoms with van der Waals surface area (Å²) in [5, 5.41) is 4.32. The summed E-state index contributed by atoms with van der Waals surface area (Å²) in [6, 6.07) is 13.6. The van der Waals surface area contributed by atoms with Gasteiger partial charge in [0.15, 0.2) is 0 Å². The maximum absolute atomic E-state index is 12.7. The molecule has 9 heteroatoms. The van der Waals surface area contributed by atoms with E-state index in [-0.39, 0.29) is 17.7 Å². The molecule has 170 valence electrons. The van der Waals surface area contributed by atoms with Gasteiger partial charge in [-0.1, -0.05) is 18.2 Å². The summed E-state index contributed by atoms with van der Waals surface area (Å²) in [7, 11) is 0. The van der Waals surface area contributed by atoms with Crippen LogP contribution in [0, 0.1) is 0 Å². The van der Waals surface area contributed by atoms with E-state index in [0.29, 0.717) is 42.3 Å². The number of para-hydroxylation sites is 1. The van der Waals surface area contributed by atoms with E-state index in [4.69, 9.17) is 10.5 Å². The summed E-state index contributed by atoms with van der Waals surface area (Å²) in [6.45, 7) is 3.53. The number of ether oxygens (including phenoxy) is 1. The molecule has 0 unspecified atom stereocenters. The summed E-state index contributed by atoms with van der Waals surface area (Å²) in [5.74, 6) is 0.439. The van der Waals surface area contributed by atoms with E-state index in [1.54, 1.807) is 4.90 Å². The lowest BCUT2D eigenvalue weighted by Crippen LogP contribution is -2.42. The summed E-state index contributed by atoms with van der Waals surface area (Å²) in [4.78, 5) is 37.1. The van der Waals surface area contributed by atoms with Crippen molar-refractivity contribution in [1.82, 2.24) is 19.9 Å². The number of nitrogens with two attached hydrogens (primary N) is 1. The van der Waals surface area contributed by atoms with Crippen molar-refractivity contribution >= 4 is 39.4 Å². The molecule has 1 aliphatic rings. The minimum Gasteiger partial charge on any atom is -0.450 e. The van der Waals surface area contributed by atoms with Gasteiger partial charge in [-0.15, -0.1) is 0 Å². The van der Waals surface area contributed by atoms with Gasteiger partial charge in [0, 0.05) is 30.2 Å². The number of pyridine rings is 1. The predicted molar refractivity (Wildman–Crippen MR) is 129 cm³/mol. The number of nitrogens with zero attached hydrogens (tertiary/aromatic N) is 2. The number of carbonyl (C=O) groups excluding carboxylic acids is 1. The molecule has 0 bridgehead atoms. The molecule has 1 saturated heterocycles. The molecule has 0 aliphatic carbocycles. The number of imidazole rings is 1. The lowest BCUT2D eigenvalue weighted by Gasteiger charge is -2.32. The van der Waals surface area contributed by atoms with E-state index >= 15 is 0 Å². The van der Waals surface area contributed by atoms with Crippen LogP contribution in [0.5, 0.6) is 0 Å². The Balaban J connectivity index is 1.37. The maximum Gasteiger partial charge on any atom is 0.409 e. The molecule has 1 aliphatic heterocycles. The topological polar surface area (TPSA) is 129 Å². The molecule has 5 N–H and O–H groups in total. The Morgan fingerprint density at radius 1 is 1.18 bits per heavy atom. The average molecular weight is 447 g/mol. The number of piperidine rings is 1. The Kier molecular flexibility index (Phi) is 5.37. The number of fused-ring (bicyclic) bond motifs is 2. The van der Waals surface area contributed by atoms with E-state index in [1.165, 1.54) is 0 Å². The number of hydrogen-bond donors (Lipinski definition) is 4. The molecule has 2 aromatic heterocycles. The Bertz CT molecular complexity index is 1380. The highest BCUT2D eigenvalue weighted by atomic mass is 16.6. The molecule has 4 aromatic rings. The number of aromatic nitrogens is 3. The van der Waals surface area contributed by atoms with Gasteiger partial charge in [-0.05, 0) is 44.0 Å². The fourth-order valence-electron chi connectivity index (χ4n) is 4.38. The van der Waals surface area contributed by atoms with Crippen molar-refractivity contribution in [3.8, 4) is 11.4 Å². The number of benzene rings is 2. The van der Waals surface area contributed by atoms with Gasteiger partial charge < -0.3 is 30.7 Å².